The van der Waals surface area contributed by atoms with E-state index in [4.69, 9.17) is 21.1 Å². The molecule has 2 unspecified atom stereocenters. The molecule has 178 valence electrons. The van der Waals surface area contributed by atoms with Crippen molar-refractivity contribution in [2.75, 3.05) is 7.11 Å². The van der Waals surface area contributed by atoms with E-state index in [0.717, 1.165) is 5.56 Å². The van der Waals surface area contributed by atoms with Gasteiger partial charge in [-0.3, -0.25) is 9.11 Å². The zero-order valence-corrected chi connectivity index (χ0v) is 21.0. The number of hydrogen-bond acceptors (Lipinski definition) is 5. The molecule has 0 amide bonds. The van der Waals surface area contributed by atoms with Crippen molar-refractivity contribution >= 4 is 28.2 Å². The summed E-state index contributed by atoms with van der Waals surface area (Å²) >= 11 is 6.15. The van der Waals surface area contributed by atoms with Crippen LogP contribution in [0.15, 0.2) is 41.3 Å². The molecule has 0 aromatic heterocycles. The summed E-state index contributed by atoms with van der Waals surface area (Å²) in [5, 5.41) is 10.0. The molecule has 0 radical (unpaired) electrons. The van der Waals surface area contributed by atoms with Crippen molar-refractivity contribution in [3.05, 3.63) is 58.1 Å². The van der Waals surface area contributed by atoms with Crippen molar-refractivity contribution in [1.82, 2.24) is 0 Å². The Morgan fingerprint density at radius 1 is 1.15 bits per heavy atom. The number of benzene rings is 2. The molecule has 2 atom stereocenters. The van der Waals surface area contributed by atoms with Crippen LogP contribution in [0.4, 0.5) is 0 Å². The maximum absolute atomic E-state index is 11.7. The number of fused-ring (bicyclic) bond motifs is 1. The second kappa shape index (κ2) is 8.86. The van der Waals surface area contributed by atoms with Crippen LogP contribution in [-0.2, 0) is 9.53 Å². The maximum Gasteiger partial charge on any atom is 0.345 e. The average Bonchev–Trinajstić information content (AvgIpc) is 2.85. The van der Waals surface area contributed by atoms with E-state index in [1.165, 1.54) is 0 Å². The number of aliphatic carboxylic acids is 1. The Balaban J connectivity index is 2.01. The quantitative estimate of drug-likeness (QED) is 0.439. The Labute approximate surface area is 201 Å². The van der Waals surface area contributed by atoms with Gasteiger partial charge in [0.1, 0.15) is 11.9 Å². The first-order valence-electron chi connectivity index (χ1n) is 10.4. The van der Waals surface area contributed by atoms with Crippen LogP contribution >= 0.6 is 22.2 Å². The summed E-state index contributed by atoms with van der Waals surface area (Å²) in [5.74, 6) is 5.24. The number of ether oxygens (including phenoxy) is 2. The molecule has 33 heavy (non-hydrogen) atoms. The molecule has 2 aromatic carbocycles. The lowest BCUT2D eigenvalue weighted by molar-refractivity contribution is -0.150. The zero-order valence-electron chi connectivity index (χ0n) is 19.5. The minimum Gasteiger partial charge on any atom is -0.478 e. The van der Waals surface area contributed by atoms with E-state index in [-0.39, 0.29) is 0 Å². The predicted molar refractivity (Wildman–Crippen MR) is 130 cm³/mol. The van der Waals surface area contributed by atoms with Gasteiger partial charge in [0.05, 0.1) is 15.2 Å². The fourth-order valence-corrected chi connectivity index (χ4v) is 5.92. The van der Waals surface area contributed by atoms with Gasteiger partial charge in [0.15, 0.2) is 6.10 Å². The molecule has 0 aliphatic carbocycles. The van der Waals surface area contributed by atoms with Gasteiger partial charge in [-0.2, -0.15) is 10.6 Å². The molecule has 2 aromatic rings. The lowest BCUT2D eigenvalue weighted by Crippen LogP contribution is -2.39. The van der Waals surface area contributed by atoms with E-state index in [0.29, 0.717) is 26.8 Å². The van der Waals surface area contributed by atoms with E-state index < -0.39 is 38.9 Å². The molecule has 0 saturated carbocycles. The summed E-state index contributed by atoms with van der Waals surface area (Å²) in [4.78, 5) is 12.2. The Morgan fingerprint density at radius 3 is 2.39 bits per heavy atom. The van der Waals surface area contributed by atoms with Gasteiger partial charge in [-0.15, -0.1) is 0 Å². The first-order valence-corrected chi connectivity index (χ1v) is 12.3. The Hall–Kier alpha value is -2.21. The van der Waals surface area contributed by atoms with E-state index in [9.17, 15) is 19.0 Å². The SMILES string of the molecule is COC1c2ccc(C#Cc3cc(Cl)ccc3OC(C(=O)O)C(C)(C)C)cc2S(O)(O)C1(C)C. The van der Waals surface area contributed by atoms with Gasteiger partial charge in [0, 0.05) is 28.7 Å². The zero-order chi connectivity index (χ0) is 24.8. The molecule has 1 aliphatic heterocycles. The molecule has 0 fully saturated rings. The fraction of sp³-hybridized carbons (Fsp3) is 0.400. The number of carboxylic acid groups (broad SMARTS) is 1. The number of hydrogen-bond donors (Lipinski definition) is 3. The molecule has 1 aliphatic rings. The maximum atomic E-state index is 11.7. The number of carboxylic acids is 1. The van der Waals surface area contributed by atoms with Crippen molar-refractivity contribution in [1.29, 1.82) is 0 Å². The Kier molecular flexibility index (Phi) is 6.82. The van der Waals surface area contributed by atoms with E-state index in [1.807, 2.05) is 0 Å². The van der Waals surface area contributed by atoms with E-state index in [2.05, 4.69) is 11.8 Å². The molecular weight excluding hydrogens is 464 g/mol. The minimum atomic E-state index is -3.11. The highest BCUT2D eigenvalue weighted by Gasteiger charge is 2.52. The molecule has 0 bridgehead atoms. The van der Waals surface area contributed by atoms with Gasteiger partial charge >= 0.3 is 5.97 Å². The van der Waals surface area contributed by atoms with E-state index >= 15 is 0 Å². The largest absolute Gasteiger partial charge is 0.478 e. The van der Waals surface area contributed by atoms with Crippen LogP contribution in [0.5, 0.6) is 5.75 Å². The first-order chi connectivity index (χ1) is 15.2. The number of rotatable bonds is 4. The molecule has 0 saturated heterocycles. The molecule has 1 heterocycles. The van der Waals surface area contributed by atoms with Gasteiger partial charge < -0.3 is 14.6 Å². The predicted octanol–water partition coefficient (Wildman–Crippen LogP) is 6.21. The molecule has 8 heteroatoms. The number of methoxy groups -OCH3 is 1. The average molecular weight is 493 g/mol. The van der Waals surface area contributed by atoms with Gasteiger partial charge in [0.2, 0.25) is 0 Å². The van der Waals surface area contributed by atoms with Crippen LogP contribution in [0.3, 0.4) is 0 Å². The van der Waals surface area contributed by atoms with E-state index in [1.54, 1.807) is 78.1 Å². The van der Waals surface area contributed by atoms with Gasteiger partial charge in [-0.1, -0.05) is 50.3 Å². The molecule has 0 spiro atoms. The summed E-state index contributed by atoms with van der Waals surface area (Å²) < 4.78 is 32.3. The highest BCUT2D eigenvalue weighted by Crippen LogP contribution is 2.70. The van der Waals surface area contributed by atoms with Crippen molar-refractivity contribution in [3.8, 4) is 17.6 Å². The first kappa shape index (κ1) is 25.4. The normalized spacial score (nSPS) is 20.2. The monoisotopic (exact) mass is 492 g/mol. The van der Waals surface area contributed by atoms with Gasteiger partial charge in [-0.25, -0.2) is 4.79 Å². The fourth-order valence-electron chi connectivity index (χ4n) is 3.86. The van der Waals surface area contributed by atoms with Gasteiger partial charge in [-0.05, 0) is 44.2 Å². The second-order valence-corrected chi connectivity index (χ2v) is 12.6. The summed E-state index contributed by atoms with van der Waals surface area (Å²) in [6.45, 7) is 8.89. The number of halogens is 1. The van der Waals surface area contributed by atoms with Crippen LogP contribution in [0.25, 0.3) is 0 Å². The second-order valence-electron chi connectivity index (χ2n) is 9.61. The van der Waals surface area contributed by atoms with Crippen LogP contribution in [0, 0.1) is 17.3 Å². The third kappa shape index (κ3) is 4.72. The van der Waals surface area contributed by atoms with Crippen molar-refractivity contribution in [2.24, 2.45) is 5.41 Å². The lowest BCUT2D eigenvalue weighted by atomic mass is 9.89. The molecule has 3 rings (SSSR count). The topological polar surface area (TPSA) is 96.2 Å². The smallest absolute Gasteiger partial charge is 0.345 e. The molecular formula is C25H29ClO6S. The van der Waals surface area contributed by atoms with Crippen molar-refractivity contribution in [2.45, 2.75) is 56.5 Å². The van der Waals surface area contributed by atoms with Crippen molar-refractivity contribution in [3.63, 3.8) is 0 Å². The van der Waals surface area contributed by atoms with Crippen LogP contribution in [0.1, 0.15) is 57.4 Å². The van der Waals surface area contributed by atoms with Crippen molar-refractivity contribution < 1.29 is 28.5 Å². The molecule has 6 nitrogen and oxygen atoms in total. The number of carbonyl (C=O) groups is 1. The van der Waals surface area contributed by atoms with Crippen LogP contribution in [0.2, 0.25) is 5.02 Å². The summed E-state index contributed by atoms with van der Waals surface area (Å²) in [7, 11) is -1.56. The third-order valence-corrected chi connectivity index (χ3v) is 8.63. The highest BCUT2D eigenvalue weighted by molar-refractivity contribution is 8.25. The Bertz CT molecular complexity index is 1140. The molecule has 3 N–H and O–H groups in total. The summed E-state index contributed by atoms with van der Waals surface area (Å²) in [6, 6.07) is 10.1. The minimum absolute atomic E-state index is 0.306. The van der Waals surface area contributed by atoms with Gasteiger partial charge in [0.25, 0.3) is 0 Å². The lowest BCUT2D eigenvalue weighted by Gasteiger charge is -2.43. The highest BCUT2D eigenvalue weighted by atomic mass is 35.5. The standard InChI is InChI=1S/C25H29ClO6S/c1-24(2,3)22(23(27)28)32-19-12-10-17(26)14-16(19)9-7-15-8-11-18-20(13-15)33(29,30)25(4,5)21(18)31-6/h8,10-14,21-22,29-30H,1-6H3,(H,27,28). The van der Waals surface area contributed by atoms with Crippen LogP contribution in [-0.4, -0.2) is 38.1 Å². The Morgan fingerprint density at radius 2 is 1.82 bits per heavy atom. The third-order valence-electron chi connectivity index (χ3n) is 5.74. The summed E-state index contributed by atoms with van der Waals surface area (Å²) in [5.41, 5.74) is 1.09. The van der Waals surface area contributed by atoms with Crippen LogP contribution < -0.4 is 4.74 Å². The summed E-state index contributed by atoms with van der Waals surface area (Å²) in [6.07, 6.45) is -1.53.